The van der Waals surface area contributed by atoms with Crippen LogP contribution in [0.15, 0.2) is 53.6 Å². The standard InChI is InChI=1S/C23H20FN3O3S/c1-13-4-9-18(30-3)17(10-13)26-19(28)11-27-12-25-22-21(23(27)29)20(14(2)31-22)15-5-7-16(24)8-6-15/h4-10,12H,11H2,1-3H3,(H,26,28). The maximum absolute atomic E-state index is 13.4. The van der Waals surface area contributed by atoms with E-state index in [1.54, 1.807) is 24.3 Å². The van der Waals surface area contributed by atoms with E-state index in [-0.39, 0.29) is 23.8 Å². The predicted molar refractivity (Wildman–Crippen MR) is 120 cm³/mol. The van der Waals surface area contributed by atoms with Crippen molar-refractivity contribution in [1.29, 1.82) is 0 Å². The molecule has 4 aromatic rings. The van der Waals surface area contributed by atoms with Crippen molar-refractivity contribution in [3.05, 3.63) is 75.4 Å². The third kappa shape index (κ3) is 4.06. The van der Waals surface area contributed by atoms with Crippen LogP contribution < -0.4 is 15.6 Å². The van der Waals surface area contributed by atoms with Crippen molar-refractivity contribution >= 4 is 33.1 Å². The summed E-state index contributed by atoms with van der Waals surface area (Å²) < 4.78 is 19.9. The number of hydrogen-bond donors (Lipinski definition) is 1. The summed E-state index contributed by atoms with van der Waals surface area (Å²) in [5.74, 6) is -0.186. The van der Waals surface area contributed by atoms with Crippen LogP contribution in [0.3, 0.4) is 0 Å². The van der Waals surface area contributed by atoms with Crippen molar-refractivity contribution in [3.63, 3.8) is 0 Å². The van der Waals surface area contributed by atoms with Gasteiger partial charge in [-0.2, -0.15) is 0 Å². The van der Waals surface area contributed by atoms with E-state index in [1.165, 1.54) is 41.5 Å². The van der Waals surface area contributed by atoms with Gasteiger partial charge in [-0.1, -0.05) is 18.2 Å². The zero-order chi connectivity index (χ0) is 22.1. The molecule has 0 fully saturated rings. The Morgan fingerprint density at radius 3 is 2.65 bits per heavy atom. The first-order valence-corrected chi connectivity index (χ1v) is 10.4. The fourth-order valence-electron chi connectivity index (χ4n) is 3.48. The van der Waals surface area contributed by atoms with Crippen molar-refractivity contribution < 1.29 is 13.9 Å². The number of halogens is 1. The number of nitrogens with one attached hydrogen (secondary N) is 1. The Hall–Kier alpha value is -3.52. The molecule has 158 valence electrons. The van der Waals surface area contributed by atoms with Crippen molar-refractivity contribution in [1.82, 2.24) is 9.55 Å². The summed E-state index contributed by atoms with van der Waals surface area (Å²) >= 11 is 1.39. The number of ether oxygens (including phenoxy) is 1. The molecule has 1 amide bonds. The molecule has 6 nitrogen and oxygen atoms in total. The summed E-state index contributed by atoms with van der Waals surface area (Å²) in [4.78, 5) is 31.7. The van der Waals surface area contributed by atoms with Gasteiger partial charge in [0.1, 0.15) is 22.9 Å². The number of benzene rings is 2. The van der Waals surface area contributed by atoms with Crippen molar-refractivity contribution in [2.75, 3.05) is 12.4 Å². The lowest BCUT2D eigenvalue weighted by Crippen LogP contribution is -2.28. The van der Waals surface area contributed by atoms with Crippen molar-refractivity contribution in [2.24, 2.45) is 0 Å². The average Bonchev–Trinajstić information content (AvgIpc) is 3.07. The predicted octanol–water partition coefficient (Wildman–Crippen LogP) is 4.53. The Morgan fingerprint density at radius 1 is 1.19 bits per heavy atom. The zero-order valence-electron chi connectivity index (χ0n) is 17.2. The zero-order valence-corrected chi connectivity index (χ0v) is 18.0. The van der Waals surface area contributed by atoms with E-state index in [1.807, 2.05) is 19.9 Å². The first kappa shape index (κ1) is 20.7. The average molecular weight is 437 g/mol. The molecular formula is C23H20FN3O3S. The van der Waals surface area contributed by atoms with Gasteiger partial charge in [0.25, 0.3) is 5.56 Å². The van der Waals surface area contributed by atoms with Gasteiger partial charge >= 0.3 is 0 Å². The molecule has 0 saturated carbocycles. The fraction of sp³-hybridized carbons (Fsp3) is 0.174. The normalized spacial score (nSPS) is 11.0. The summed E-state index contributed by atoms with van der Waals surface area (Å²) in [5.41, 5.74) is 2.63. The van der Waals surface area contributed by atoms with E-state index in [0.29, 0.717) is 27.2 Å². The lowest BCUT2D eigenvalue weighted by molar-refractivity contribution is -0.116. The van der Waals surface area contributed by atoms with Crippen LogP contribution in [0.4, 0.5) is 10.1 Å². The van der Waals surface area contributed by atoms with Gasteiger partial charge in [-0.3, -0.25) is 14.2 Å². The number of methoxy groups -OCH3 is 1. The highest BCUT2D eigenvalue weighted by molar-refractivity contribution is 7.19. The molecule has 0 aliphatic heterocycles. The third-order valence-electron chi connectivity index (χ3n) is 4.93. The van der Waals surface area contributed by atoms with Crippen LogP contribution in [0.5, 0.6) is 5.75 Å². The number of thiophene rings is 1. The number of carbonyl (C=O) groups excluding carboxylic acids is 1. The van der Waals surface area contributed by atoms with Crippen LogP contribution >= 0.6 is 11.3 Å². The smallest absolute Gasteiger partial charge is 0.263 e. The van der Waals surface area contributed by atoms with Crippen molar-refractivity contribution in [3.8, 4) is 16.9 Å². The fourth-order valence-corrected chi connectivity index (χ4v) is 4.48. The molecule has 8 heteroatoms. The summed E-state index contributed by atoms with van der Waals surface area (Å²) in [6, 6.07) is 11.4. The first-order chi connectivity index (χ1) is 14.9. The minimum absolute atomic E-state index is 0.198. The Labute approximate surface area is 181 Å². The Morgan fingerprint density at radius 2 is 1.94 bits per heavy atom. The second-order valence-corrected chi connectivity index (χ2v) is 8.35. The monoisotopic (exact) mass is 437 g/mol. The number of aromatic nitrogens is 2. The Balaban J connectivity index is 1.69. The number of anilines is 1. The van der Waals surface area contributed by atoms with Crippen LogP contribution in [0.25, 0.3) is 21.3 Å². The maximum atomic E-state index is 13.4. The molecule has 31 heavy (non-hydrogen) atoms. The number of nitrogens with zero attached hydrogens (tertiary/aromatic N) is 2. The largest absolute Gasteiger partial charge is 0.495 e. The van der Waals surface area contributed by atoms with Crippen LogP contribution in [0.2, 0.25) is 0 Å². The molecule has 1 N–H and O–H groups in total. The van der Waals surface area contributed by atoms with E-state index >= 15 is 0 Å². The number of rotatable bonds is 5. The van der Waals surface area contributed by atoms with Gasteiger partial charge in [0.15, 0.2) is 0 Å². The van der Waals surface area contributed by atoms with Gasteiger partial charge in [-0.25, -0.2) is 9.37 Å². The van der Waals surface area contributed by atoms with Gasteiger partial charge in [-0.05, 0) is 49.2 Å². The van der Waals surface area contributed by atoms with Gasteiger partial charge in [0.2, 0.25) is 5.91 Å². The van der Waals surface area contributed by atoms with Gasteiger partial charge in [0, 0.05) is 10.4 Å². The number of aryl methyl sites for hydroxylation is 2. The lowest BCUT2D eigenvalue weighted by atomic mass is 10.0. The highest BCUT2D eigenvalue weighted by Crippen LogP contribution is 2.35. The van der Waals surface area contributed by atoms with Gasteiger partial charge in [0.05, 0.1) is 24.5 Å². The maximum Gasteiger partial charge on any atom is 0.263 e. The molecule has 0 spiro atoms. The van der Waals surface area contributed by atoms with Gasteiger partial charge < -0.3 is 10.1 Å². The molecule has 0 radical (unpaired) electrons. The van der Waals surface area contributed by atoms with Gasteiger partial charge in [-0.15, -0.1) is 11.3 Å². The van der Waals surface area contributed by atoms with E-state index in [0.717, 1.165) is 16.0 Å². The lowest BCUT2D eigenvalue weighted by Gasteiger charge is -2.12. The number of hydrogen-bond acceptors (Lipinski definition) is 5. The number of amides is 1. The molecule has 2 aromatic heterocycles. The summed E-state index contributed by atoms with van der Waals surface area (Å²) in [7, 11) is 1.53. The van der Waals surface area contributed by atoms with Crippen LogP contribution in [0.1, 0.15) is 10.4 Å². The summed E-state index contributed by atoms with van der Waals surface area (Å²) in [6.45, 7) is 3.61. The van der Waals surface area contributed by atoms with Crippen LogP contribution in [-0.2, 0) is 11.3 Å². The molecule has 0 atom stereocenters. The molecule has 0 unspecified atom stereocenters. The molecule has 2 heterocycles. The second-order valence-electron chi connectivity index (χ2n) is 7.15. The molecule has 0 aliphatic rings. The highest BCUT2D eigenvalue weighted by atomic mass is 32.1. The van der Waals surface area contributed by atoms with Crippen molar-refractivity contribution in [2.45, 2.75) is 20.4 Å². The van der Waals surface area contributed by atoms with E-state index in [2.05, 4.69) is 10.3 Å². The molecule has 0 bridgehead atoms. The second kappa shape index (κ2) is 8.31. The topological polar surface area (TPSA) is 73.2 Å². The minimum atomic E-state index is -0.373. The minimum Gasteiger partial charge on any atom is -0.495 e. The molecule has 2 aromatic carbocycles. The van der Waals surface area contributed by atoms with E-state index < -0.39 is 0 Å². The van der Waals surface area contributed by atoms with E-state index in [4.69, 9.17) is 4.74 Å². The quantitative estimate of drug-likeness (QED) is 0.498. The van der Waals surface area contributed by atoms with Crippen LogP contribution in [-0.4, -0.2) is 22.6 Å². The Kier molecular flexibility index (Phi) is 5.56. The third-order valence-corrected chi connectivity index (χ3v) is 5.94. The molecule has 0 saturated heterocycles. The summed E-state index contributed by atoms with van der Waals surface area (Å²) in [6.07, 6.45) is 1.38. The van der Waals surface area contributed by atoms with E-state index in [9.17, 15) is 14.0 Å². The summed E-state index contributed by atoms with van der Waals surface area (Å²) in [5, 5.41) is 3.22. The first-order valence-electron chi connectivity index (χ1n) is 9.56. The molecule has 4 rings (SSSR count). The Bertz CT molecular complexity index is 1340. The molecular weight excluding hydrogens is 417 g/mol. The number of fused-ring (bicyclic) bond motifs is 1. The SMILES string of the molecule is COc1ccc(C)cc1NC(=O)Cn1cnc2sc(C)c(-c3ccc(F)cc3)c2c1=O. The number of carbonyl (C=O) groups is 1. The molecule has 0 aliphatic carbocycles. The van der Waals surface area contributed by atoms with Crippen LogP contribution in [0, 0.1) is 19.7 Å². The highest BCUT2D eigenvalue weighted by Gasteiger charge is 2.18.